The van der Waals surface area contributed by atoms with Gasteiger partial charge in [0.1, 0.15) is 4.90 Å². The third kappa shape index (κ3) is 4.95. The van der Waals surface area contributed by atoms with Gasteiger partial charge in [0, 0.05) is 16.6 Å². The van der Waals surface area contributed by atoms with Gasteiger partial charge in [0.25, 0.3) is 11.8 Å². The molecule has 28 heavy (non-hydrogen) atoms. The highest BCUT2D eigenvalue weighted by Crippen LogP contribution is 2.27. The van der Waals surface area contributed by atoms with Gasteiger partial charge in [-0.2, -0.15) is 0 Å². The first kappa shape index (κ1) is 20.9. The summed E-state index contributed by atoms with van der Waals surface area (Å²) in [5.74, 6) is -1.41. The second-order valence-electron chi connectivity index (χ2n) is 6.07. The molecule has 1 aliphatic carbocycles. The molecule has 0 aliphatic heterocycles. The average molecular weight is 463 g/mol. The molecule has 0 unspecified atom stereocenters. The number of hydrogen-bond acceptors (Lipinski definition) is 4. The van der Waals surface area contributed by atoms with E-state index in [9.17, 15) is 18.0 Å². The fraction of sp³-hybridized carbons (Fsp3) is 0.176. The van der Waals surface area contributed by atoms with Gasteiger partial charge in [-0.05, 0) is 49.2 Å². The summed E-state index contributed by atoms with van der Waals surface area (Å²) in [5, 5.41) is 0.443. The van der Waals surface area contributed by atoms with E-state index < -0.39 is 21.8 Å². The Morgan fingerprint density at radius 3 is 2.21 bits per heavy atom. The maximum absolute atomic E-state index is 12.4. The SMILES string of the molecule is O=C(NNC(=O)c1cc(Cl)ccc1Cl)c1ccc(Cl)c(S(=O)(=O)NC2CC2)c1. The van der Waals surface area contributed by atoms with Crippen molar-refractivity contribution in [3.63, 3.8) is 0 Å². The van der Waals surface area contributed by atoms with Crippen molar-refractivity contribution in [2.45, 2.75) is 23.8 Å². The van der Waals surface area contributed by atoms with Crippen molar-refractivity contribution in [2.24, 2.45) is 0 Å². The largest absolute Gasteiger partial charge is 0.271 e. The Labute approximate surface area is 176 Å². The van der Waals surface area contributed by atoms with E-state index >= 15 is 0 Å². The molecule has 2 aromatic rings. The first-order chi connectivity index (χ1) is 13.2. The first-order valence-electron chi connectivity index (χ1n) is 8.05. The van der Waals surface area contributed by atoms with Gasteiger partial charge in [-0.3, -0.25) is 20.4 Å². The van der Waals surface area contributed by atoms with Crippen LogP contribution in [-0.4, -0.2) is 26.3 Å². The Morgan fingerprint density at radius 1 is 0.893 bits per heavy atom. The highest BCUT2D eigenvalue weighted by molar-refractivity contribution is 7.89. The quantitative estimate of drug-likeness (QED) is 0.594. The molecule has 0 spiro atoms. The third-order valence-corrected chi connectivity index (χ3v) is 6.41. The van der Waals surface area contributed by atoms with Crippen LogP contribution in [0.5, 0.6) is 0 Å². The Bertz CT molecular complexity index is 1060. The molecule has 0 atom stereocenters. The van der Waals surface area contributed by atoms with Crippen molar-refractivity contribution in [1.82, 2.24) is 15.6 Å². The molecule has 148 valence electrons. The highest BCUT2D eigenvalue weighted by Gasteiger charge is 2.29. The van der Waals surface area contributed by atoms with E-state index in [1.54, 1.807) is 0 Å². The van der Waals surface area contributed by atoms with Crippen LogP contribution in [0.15, 0.2) is 41.3 Å². The predicted molar refractivity (Wildman–Crippen MR) is 106 cm³/mol. The fourth-order valence-electron chi connectivity index (χ4n) is 2.26. The summed E-state index contributed by atoms with van der Waals surface area (Å²) in [5.41, 5.74) is 4.47. The molecule has 0 radical (unpaired) electrons. The van der Waals surface area contributed by atoms with Gasteiger partial charge in [0.2, 0.25) is 10.0 Å². The van der Waals surface area contributed by atoms with Crippen LogP contribution in [0, 0.1) is 0 Å². The molecule has 1 saturated carbocycles. The topological polar surface area (TPSA) is 104 Å². The van der Waals surface area contributed by atoms with Crippen LogP contribution in [0.4, 0.5) is 0 Å². The number of hydrogen-bond donors (Lipinski definition) is 3. The van der Waals surface area contributed by atoms with Crippen molar-refractivity contribution in [3.05, 3.63) is 62.6 Å². The van der Waals surface area contributed by atoms with Crippen LogP contribution in [0.3, 0.4) is 0 Å². The summed E-state index contributed by atoms with van der Waals surface area (Å²) in [6.45, 7) is 0. The molecule has 1 aliphatic rings. The van der Waals surface area contributed by atoms with Crippen molar-refractivity contribution in [2.75, 3.05) is 0 Å². The molecule has 0 saturated heterocycles. The first-order valence-corrected chi connectivity index (χ1v) is 10.7. The van der Waals surface area contributed by atoms with Gasteiger partial charge in [0.05, 0.1) is 15.6 Å². The van der Waals surface area contributed by atoms with Crippen molar-refractivity contribution in [3.8, 4) is 0 Å². The van der Waals surface area contributed by atoms with E-state index in [0.29, 0.717) is 5.02 Å². The van der Waals surface area contributed by atoms with Crippen LogP contribution >= 0.6 is 34.8 Å². The number of sulfonamides is 1. The lowest BCUT2D eigenvalue weighted by Gasteiger charge is -2.11. The number of benzene rings is 2. The Hall–Kier alpha value is -1.84. The minimum atomic E-state index is -3.85. The second kappa shape index (κ2) is 8.26. The number of hydrazine groups is 1. The number of carbonyl (C=O) groups is 2. The molecule has 0 bridgehead atoms. The summed E-state index contributed by atoms with van der Waals surface area (Å²) in [4.78, 5) is 24.3. The zero-order valence-electron chi connectivity index (χ0n) is 14.1. The van der Waals surface area contributed by atoms with E-state index in [-0.39, 0.29) is 32.1 Å². The van der Waals surface area contributed by atoms with Gasteiger partial charge in [-0.15, -0.1) is 0 Å². The normalized spacial score (nSPS) is 13.8. The summed E-state index contributed by atoms with van der Waals surface area (Å²) in [6.07, 6.45) is 1.52. The lowest BCUT2D eigenvalue weighted by atomic mass is 10.2. The van der Waals surface area contributed by atoms with E-state index in [1.165, 1.54) is 30.3 Å². The number of carbonyl (C=O) groups excluding carboxylic acids is 2. The van der Waals surface area contributed by atoms with Crippen LogP contribution < -0.4 is 15.6 Å². The van der Waals surface area contributed by atoms with Crippen LogP contribution in [0.1, 0.15) is 33.6 Å². The maximum atomic E-state index is 12.4. The molecule has 7 nitrogen and oxygen atoms in total. The standard InChI is InChI=1S/C17H14Cl3N3O4S/c18-10-2-6-13(19)12(8-10)17(25)22-21-16(24)9-1-5-14(20)15(7-9)28(26,27)23-11-3-4-11/h1-2,5-8,11,23H,3-4H2,(H,21,24)(H,22,25). The summed E-state index contributed by atoms with van der Waals surface area (Å²) in [6, 6.07) is 7.98. The molecule has 1 fully saturated rings. The Kier molecular flexibility index (Phi) is 6.16. The minimum Gasteiger partial charge on any atom is -0.267 e. The fourth-order valence-corrected chi connectivity index (χ4v) is 4.47. The van der Waals surface area contributed by atoms with E-state index in [0.717, 1.165) is 18.9 Å². The van der Waals surface area contributed by atoms with Crippen LogP contribution in [0.2, 0.25) is 15.1 Å². The molecular weight excluding hydrogens is 449 g/mol. The lowest BCUT2D eigenvalue weighted by molar-refractivity contribution is 0.0846. The monoisotopic (exact) mass is 461 g/mol. The summed E-state index contributed by atoms with van der Waals surface area (Å²) in [7, 11) is -3.85. The van der Waals surface area contributed by atoms with Gasteiger partial charge in [0.15, 0.2) is 0 Å². The smallest absolute Gasteiger partial charge is 0.267 e. The molecule has 0 heterocycles. The van der Waals surface area contributed by atoms with Gasteiger partial charge < -0.3 is 0 Å². The molecular formula is C17H14Cl3N3O4S. The zero-order valence-corrected chi connectivity index (χ0v) is 17.2. The van der Waals surface area contributed by atoms with E-state index in [1.807, 2.05) is 0 Å². The van der Waals surface area contributed by atoms with Crippen molar-refractivity contribution >= 4 is 56.6 Å². The van der Waals surface area contributed by atoms with Gasteiger partial charge >= 0.3 is 0 Å². The molecule has 0 aromatic heterocycles. The number of nitrogens with one attached hydrogen (secondary N) is 3. The van der Waals surface area contributed by atoms with Gasteiger partial charge in [-0.25, -0.2) is 13.1 Å². The van der Waals surface area contributed by atoms with Crippen LogP contribution in [-0.2, 0) is 10.0 Å². The Morgan fingerprint density at radius 2 is 1.54 bits per heavy atom. The molecule has 2 aromatic carbocycles. The van der Waals surface area contributed by atoms with Crippen molar-refractivity contribution < 1.29 is 18.0 Å². The minimum absolute atomic E-state index is 0.00179. The number of halogens is 3. The number of rotatable bonds is 5. The van der Waals surface area contributed by atoms with E-state index in [4.69, 9.17) is 34.8 Å². The molecule has 3 N–H and O–H groups in total. The maximum Gasteiger partial charge on any atom is 0.271 e. The molecule has 2 amide bonds. The third-order valence-electron chi connectivity index (χ3n) is 3.84. The van der Waals surface area contributed by atoms with E-state index in [2.05, 4.69) is 15.6 Å². The summed E-state index contributed by atoms with van der Waals surface area (Å²) >= 11 is 17.8. The van der Waals surface area contributed by atoms with Gasteiger partial charge in [-0.1, -0.05) is 34.8 Å². The highest BCUT2D eigenvalue weighted by atomic mass is 35.5. The summed E-state index contributed by atoms with van der Waals surface area (Å²) < 4.78 is 27.2. The Balaban J connectivity index is 1.73. The number of amides is 2. The van der Waals surface area contributed by atoms with Crippen molar-refractivity contribution in [1.29, 1.82) is 0 Å². The molecule has 11 heteroatoms. The predicted octanol–water partition coefficient (Wildman–Crippen LogP) is 3.16. The zero-order chi connectivity index (χ0) is 20.5. The average Bonchev–Trinajstić information content (AvgIpc) is 3.44. The molecule has 3 rings (SSSR count). The lowest BCUT2D eigenvalue weighted by Crippen LogP contribution is -2.41. The van der Waals surface area contributed by atoms with Crippen LogP contribution in [0.25, 0.3) is 0 Å². The second-order valence-corrected chi connectivity index (χ2v) is 9.01.